The van der Waals surface area contributed by atoms with E-state index in [1.165, 1.54) is 34.1 Å². The molecule has 0 bridgehead atoms. The van der Waals surface area contributed by atoms with Crippen molar-refractivity contribution in [2.24, 2.45) is 11.8 Å². The monoisotopic (exact) mass is 1070 g/mol. The van der Waals surface area contributed by atoms with Crippen molar-refractivity contribution in [2.75, 3.05) is 27.2 Å². The number of rotatable bonds is 20. The predicted molar refractivity (Wildman–Crippen MR) is 298 cm³/mol. The van der Waals surface area contributed by atoms with E-state index in [1.54, 1.807) is 27.9 Å². The first kappa shape index (κ1) is 59.0. The summed E-state index contributed by atoms with van der Waals surface area (Å²) in [6, 6.07) is 19.2. The number of hydrogen-bond acceptors (Lipinski definition) is 10. The minimum absolute atomic E-state index is 0.0299. The number of likely N-dealkylation sites (tertiary alicyclic amines) is 2. The first-order valence-corrected chi connectivity index (χ1v) is 28.2. The first-order valence-electron chi connectivity index (χ1n) is 28.2. The molecule has 2 saturated carbocycles. The number of carbonyl (C=O) groups excluding carboxylic acids is 8. The fraction of sp³-hybridized carbons (Fsp3) is 0.567. The standard InChI is InChI=1S/C60H84N10O8/c1-37(61-7)51(71)65-49(39-21-13-9-14-22-39)57(77)69-35-45(33-47(69)55(75)67-59(3,4)43-25-17-11-18-26-43)63-53(73)41-29-31-42(32-30-41)54(74)64-46-34-48(56(76)68-60(5,6)44-27-19-12-20-28-44)70(36-46)58(78)50(40-23-15-10-16-24-40)66-52(72)38(2)62-8/h11-12,17-20,25-32,37-40,45-50,61-62H,9-10,13-16,21-24,33-36H2,1-8H3,(H,63,73)(H,64,74)(H,65,71)(H,66,72)(H,67,75)(H,68,76)/t37-,38-,45-,46-,47-,48-,49-,50-/m0/s1. The van der Waals surface area contributed by atoms with Crippen LogP contribution in [0.25, 0.3) is 0 Å². The number of nitrogens with one attached hydrogen (secondary N) is 8. The van der Waals surface area contributed by atoms with E-state index >= 15 is 0 Å². The van der Waals surface area contributed by atoms with Gasteiger partial charge in [-0.25, -0.2) is 0 Å². The zero-order valence-electron chi connectivity index (χ0n) is 46.9. The zero-order valence-corrected chi connectivity index (χ0v) is 46.9. The van der Waals surface area contributed by atoms with Crippen LogP contribution < -0.4 is 42.5 Å². The lowest BCUT2D eigenvalue weighted by Crippen LogP contribution is -2.59. The highest BCUT2D eigenvalue weighted by molar-refractivity contribution is 5.99. The molecule has 8 amide bonds. The van der Waals surface area contributed by atoms with Gasteiger partial charge in [-0.15, -0.1) is 0 Å². The molecular weight excluding hydrogens is 989 g/mol. The summed E-state index contributed by atoms with van der Waals surface area (Å²) < 4.78 is 0. The summed E-state index contributed by atoms with van der Waals surface area (Å²) in [6.07, 6.45) is 9.06. The predicted octanol–water partition coefficient (Wildman–Crippen LogP) is 4.53. The average Bonchev–Trinajstić information content (AvgIpc) is 4.14. The van der Waals surface area contributed by atoms with Crippen LogP contribution in [0.3, 0.4) is 0 Å². The fourth-order valence-corrected chi connectivity index (χ4v) is 11.7. The minimum Gasteiger partial charge on any atom is -0.347 e. The molecule has 0 unspecified atom stereocenters. The molecule has 0 aromatic heterocycles. The molecule has 8 atom stereocenters. The lowest BCUT2D eigenvalue weighted by molar-refractivity contribution is -0.143. The second kappa shape index (κ2) is 26.3. The number of amides is 8. The van der Waals surface area contributed by atoms with Crippen LogP contribution in [0, 0.1) is 11.8 Å². The van der Waals surface area contributed by atoms with Crippen LogP contribution in [0.2, 0.25) is 0 Å². The van der Waals surface area contributed by atoms with Gasteiger partial charge in [-0.2, -0.15) is 0 Å². The maximum atomic E-state index is 14.8. The maximum Gasteiger partial charge on any atom is 0.251 e. The topological polar surface area (TPSA) is 239 Å². The van der Waals surface area contributed by atoms with Gasteiger partial charge < -0.3 is 52.3 Å². The zero-order chi connectivity index (χ0) is 56.3. The van der Waals surface area contributed by atoms with Crippen molar-refractivity contribution in [1.82, 2.24) is 52.3 Å². The Labute approximate surface area is 460 Å². The van der Waals surface area contributed by atoms with Gasteiger partial charge in [0.05, 0.1) is 23.2 Å². The van der Waals surface area contributed by atoms with E-state index in [1.807, 2.05) is 88.4 Å². The Morgan fingerprint density at radius 3 is 1.14 bits per heavy atom. The first-order chi connectivity index (χ1) is 37.2. The molecule has 422 valence electrons. The van der Waals surface area contributed by atoms with Gasteiger partial charge in [-0.05, 0) is 141 Å². The van der Waals surface area contributed by atoms with Crippen LogP contribution in [0.1, 0.15) is 150 Å². The second-order valence-electron chi connectivity index (χ2n) is 23.2. The number of hydrogen-bond donors (Lipinski definition) is 8. The van der Waals surface area contributed by atoms with Gasteiger partial charge in [-0.1, -0.05) is 99.2 Å². The highest BCUT2D eigenvalue weighted by Gasteiger charge is 2.48. The van der Waals surface area contributed by atoms with Gasteiger partial charge in [0, 0.05) is 36.3 Å². The van der Waals surface area contributed by atoms with Crippen LogP contribution in [0.5, 0.6) is 0 Å². The molecule has 3 aromatic carbocycles. The Balaban J connectivity index is 1.07. The fourth-order valence-electron chi connectivity index (χ4n) is 11.7. The third kappa shape index (κ3) is 14.5. The van der Waals surface area contributed by atoms with Crippen molar-refractivity contribution >= 4 is 47.3 Å². The summed E-state index contributed by atoms with van der Waals surface area (Å²) in [7, 11) is 3.36. The summed E-state index contributed by atoms with van der Waals surface area (Å²) in [5.41, 5.74) is 0.646. The van der Waals surface area contributed by atoms with Crippen molar-refractivity contribution < 1.29 is 38.4 Å². The molecule has 18 heteroatoms. The van der Waals surface area contributed by atoms with E-state index in [0.29, 0.717) is 0 Å². The molecule has 2 heterocycles. The van der Waals surface area contributed by atoms with Crippen molar-refractivity contribution in [3.8, 4) is 0 Å². The Bertz CT molecular complexity index is 2410. The van der Waals surface area contributed by atoms with Gasteiger partial charge in [0.25, 0.3) is 11.8 Å². The molecule has 2 saturated heterocycles. The van der Waals surface area contributed by atoms with E-state index < -0.39 is 71.2 Å². The van der Waals surface area contributed by atoms with Crippen LogP contribution in [0.15, 0.2) is 84.9 Å². The van der Waals surface area contributed by atoms with E-state index in [0.717, 1.165) is 75.3 Å². The number of carbonyl (C=O) groups is 8. The normalized spacial score (nSPS) is 21.8. The highest BCUT2D eigenvalue weighted by atomic mass is 16.2. The van der Waals surface area contributed by atoms with Gasteiger partial charge >= 0.3 is 0 Å². The molecule has 2 aliphatic heterocycles. The van der Waals surface area contributed by atoms with Crippen LogP contribution in [-0.2, 0) is 39.8 Å². The Hall–Kier alpha value is -6.66. The average molecular weight is 1070 g/mol. The molecule has 8 N–H and O–H groups in total. The number of nitrogens with zero attached hydrogens (tertiary/aromatic N) is 2. The molecule has 0 spiro atoms. The maximum absolute atomic E-state index is 14.8. The molecule has 0 radical (unpaired) electrons. The van der Waals surface area contributed by atoms with Gasteiger partial charge in [0.1, 0.15) is 24.2 Å². The molecule has 7 rings (SSSR count). The minimum atomic E-state index is -0.955. The lowest BCUT2D eigenvalue weighted by Gasteiger charge is -2.36. The Morgan fingerprint density at radius 2 is 0.821 bits per heavy atom. The van der Waals surface area contributed by atoms with Crippen molar-refractivity contribution in [3.63, 3.8) is 0 Å². The Kier molecular flexibility index (Phi) is 19.9. The van der Waals surface area contributed by atoms with Crippen LogP contribution in [-0.4, -0.2) is 133 Å². The van der Waals surface area contributed by atoms with Gasteiger partial charge in [-0.3, -0.25) is 38.4 Å². The molecule has 2 aliphatic carbocycles. The summed E-state index contributed by atoms with van der Waals surface area (Å²) in [6.45, 7) is 11.1. The van der Waals surface area contributed by atoms with Crippen molar-refractivity contribution in [3.05, 3.63) is 107 Å². The third-order valence-electron chi connectivity index (χ3n) is 16.7. The quantitative estimate of drug-likeness (QED) is 0.0787. The van der Waals surface area contributed by atoms with E-state index in [2.05, 4.69) is 42.5 Å². The highest BCUT2D eigenvalue weighted by Crippen LogP contribution is 2.33. The Morgan fingerprint density at radius 1 is 0.487 bits per heavy atom. The molecule has 78 heavy (non-hydrogen) atoms. The molecule has 4 fully saturated rings. The number of benzene rings is 3. The largest absolute Gasteiger partial charge is 0.347 e. The SMILES string of the molecule is CN[C@@H](C)C(=O)N[C@H](C(=O)N1C[C@@H](NC(=O)c2ccc(C(=O)N[C@H]3C[C@@H](C(=O)NC(C)(C)c4ccccc4)N(C(=O)[C@@H](NC(=O)[C@H](C)NC)C4CCCCC4)C3)cc2)C[C@H]1C(=O)NC(C)(C)c1ccccc1)C1CCCCC1. The van der Waals surface area contributed by atoms with E-state index in [-0.39, 0.29) is 84.3 Å². The molecule has 18 nitrogen and oxygen atoms in total. The smallest absolute Gasteiger partial charge is 0.251 e. The van der Waals surface area contributed by atoms with Crippen molar-refractivity contribution in [1.29, 1.82) is 0 Å². The summed E-state index contributed by atoms with van der Waals surface area (Å²) in [4.78, 5) is 116. The molecular formula is C60H84N10O8. The second-order valence-corrected chi connectivity index (χ2v) is 23.2. The summed E-state index contributed by atoms with van der Waals surface area (Å²) >= 11 is 0. The van der Waals surface area contributed by atoms with Crippen LogP contribution in [0.4, 0.5) is 0 Å². The van der Waals surface area contributed by atoms with E-state index in [4.69, 9.17) is 0 Å². The van der Waals surface area contributed by atoms with Crippen LogP contribution >= 0.6 is 0 Å². The van der Waals surface area contributed by atoms with E-state index in [9.17, 15) is 38.4 Å². The summed E-state index contributed by atoms with van der Waals surface area (Å²) in [5.74, 6) is -3.29. The van der Waals surface area contributed by atoms with Crippen molar-refractivity contribution in [2.45, 2.75) is 178 Å². The number of likely N-dealkylation sites (N-methyl/N-ethyl adjacent to an activating group) is 2. The third-order valence-corrected chi connectivity index (χ3v) is 16.7. The summed E-state index contributed by atoms with van der Waals surface area (Å²) in [5, 5.41) is 24.4. The molecule has 3 aromatic rings. The van der Waals surface area contributed by atoms with Gasteiger partial charge in [0.15, 0.2) is 0 Å². The molecule has 4 aliphatic rings. The lowest BCUT2D eigenvalue weighted by atomic mass is 9.83. The van der Waals surface area contributed by atoms with Gasteiger partial charge in [0.2, 0.25) is 35.4 Å².